The van der Waals surface area contributed by atoms with Crippen molar-refractivity contribution in [3.05, 3.63) is 30.3 Å². The van der Waals surface area contributed by atoms with Gasteiger partial charge in [0.05, 0.1) is 17.3 Å². The van der Waals surface area contributed by atoms with Gasteiger partial charge in [0, 0.05) is 39.2 Å². The third-order valence-electron chi connectivity index (χ3n) is 4.19. The lowest BCUT2D eigenvalue weighted by Gasteiger charge is -2.24. The SMILES string of the molecule is CCNC(=NCCCS(=O)(=O)c1ccccc1)N(C)CC1CCOC1. The van der Waals surface area contributed by atoms with Gasteiger partial charge >= 0.3 is 0 Å². The Morgan fingerprint density at radius 3 is 2.76 bits per heavy atom. The molecule has 1 aliphatic heterocycles. The van der Waals surface area contributed by atoms with Crippen LogP contribution in [0.25, 0.3) is 0 Å². The van der Waals surface area contributed by atoms with E-state index in [-0.39, 0.29) is 5.75 Å². The summed E-state index contributed by atoms with van der Waals surface area (Å²) >= 11 is 0. The largest absolute Gasteiger partial charge is 0.381 e. The fraction of sp³-hybridized carbons (Fsp3) is 0.611. The highest BCUT2D eigenvalue weighted by atomic mass is 32.2. The highest BCUT2D eigenvalue weighted by Gasteiger charge is 2.19. The van der Waals surface area contributed by atoms with E-state index >= 15 is 0 Å². The predicted molar refractivity (Wildman–Crippen MR) is 101 cm³/mol. The van der Waals surface area contributed by atoms with Gasteiger partial charge in [-0.15, -0.1) is 0 Å². The Kier molecular flexibility index (Phi) is 7.71. The summed E-state index contributed by atoms with van der Waals surface area (Å²) < 4.78 is 30.0. The number of hydrogen-bond donors (Lipinski definition) is 1. The van der Waals surface area contributed by atoms with Crippen LogP contribution in [0.4, 0.5) is 0 Å². The molecule has 1 aromatic carbocycles. The number of ether oxygens (including phenoxy) is 1. The molecule has 0 spiro atoms. The lowest BCUT2D eigenvalue weighted by Crippen LogP contribution is -2.41. The summed E-state index contributed by atoms with van der Waals surface area (Å²) in [6, 6.07) is 8.59. The molecule has 1 atom stereocenters. The first kappa shape index (κ1) is 19.7. The fourth-order valence-corrected chi connectivity index (χ4v) is 4.17. The minimum Gasteiger partial charge on any atom is -0.381 e. The van der Waals surface area contributed by atoms with Crippen LogP contribution in [0.3, 0.4) is 0 Å². The first-order chi connectivity index (χ1) is 12.0. The van der Waals surface area contributed by atoms with Crippen LogP contribution in [0.15, 0.2) is 40.2 Å². The van der Waals surface area contributed by atoms with E-state index in [0.29, 0.717) is 23.8 Å². The van der Waals surface area contributed by atoms with Gasteiger partial charge in [-0.1, -0.05) is 18.2 Å². The topological polar surface area (TPSA) is 71.0 Å². The third-order valence-corrected chi connectivity index (χ3v) is 6.00. The van der Waals surface area contributed by atoms with Gasteiger partial charge in [0.15, 0.2) is 15.8 Å². The van der Waals surface area contributed by atoms with Gasteiger partial charge in [0.25, 0.3) is 0 Å². The second-order valence-corrected chi connectivity index (χ2v) is 8.44. The Bertz CT molecular complexity index is 641. The summed E-state index contributed by atoms with van der Waals surface area (Å²) in [5.41, 5.74) is 0. The molecular formula is C18H29N3O3S. The normalized spacial score (nSPS) is 18.3. The molecule has 0 radical (unpaired) electrons. The number of benzene rings is 1. The van der Waals surface area contributed by atoms with Gasteiger partial charge in [-0.2, -0.15) is 0 Å². The van der Waals surface area contributed by atoms with Crippen LogP contribution >= 0.6 is 0 Å². The molecule has 7 heteroatoms. The van der Waals surface area contributed by atoms with Crippen molar-refractivity contribution in [1.82, 2.24) is 10.2 Å². The van der Waals surface area contributed by atoms with Crippen LogP contribution in [0.2, 0.25) is 0 Å². The number of rotatable bonds is 8. The molecule has 25 heavy (non-hydrogen) atoms. The highest BCUT2D eigenvalue weighted by Crippen LogP contribution is 2.13. The Morgan fingerprint density at radius 1 is 1.36 bits per heavy atom. The van der Waals surface area contributed by atoms with Crippen molar-refractivity contribution in [1.29, 1.82) is 0 Å². The quantitative estimate of drug-likeness (QED) is 0.431. The second kappa shape index (κ2) is 9.77. The molecule has 1 fully saturated rings. The zero-order valence-electron chi connectivity index (χ0n) is 15.1. The molecule has 2 rings (SSSR count). The minimum atomic E-state index is -3.23. The number of guanidine groups is 1. The second-order valence-electron chi connectivity index (χ2n) is 6.33. The maximum Gasteiger partial charge on any atom is 0.193 e. The molecular weight excluding hydrogens is 338 g/mol. The van der Waals surface area contributed by atoms with E-state index in [9.17, 15) is 8.42 Å². The molecule has 0 saturated carbocycles. The Labute approximate surface area is 151 Å². The van der Waals surface area contributed by atoms with E-state index < -0.39 is 9.84 Å². The standard InChI is InChI=1S/C18H29N3O3S/c1-3-19-18(21(2)14-16-10-12-24-15-16)20-11-7-13-25(22,23)17-8-5-4-6-9-17/h4-6,8-9,16H,3,7,10-15H2,1-2H3,(H,19,20). The van der Waals surface area contributed by atoms with Gasteiger partial charge in [0.2, 0.25) is 0 Å². The van der Waals surface area contributed by atoms with E-state index in [1.165, 1.54) is 0 Å². The van der Waals surface area contributed by atoms with Crippen LogP contribution < -0.4 is 5.32 Å². The zero-order chi connectivity index (χ0) is 18.1. The number of aliphatic imine (C=N–C) groups is 1. The summed E-state index contributed by atoms with van der Waals surface area (Å²) in [6.07, 6.45) is 1.59. The van der Waals surface area contributed by atoms with E-state index in [1.807, 2.05) is 20.0 Å². The van der Waals surface area contributed by atoms with E-state index in [4.69, 9.17) is 4.74 Å². The first-order valence-corrected chi connectivity index (χ1v) is 10.5. The average molecular weight is 368 g/mol. The van der Waals surface area contributed by atoms with E-state index in [2.05, 4.69) is 15.2 Å². The zero-order valence-corrected chi connectivity index (χ0v) is 16.0. The molecule has 1 aliphatic rings. The average Bonchev–Trinajstić information content (AvgIpc) is 3.11. The van der Waals surface area contributed by atoms with Crippen LogP contribution in [0, 0.1) is 5.92 Å². The molecule has 0 amide bonds. The van der Waals surface area contributed by atoms with Gasteiger partial charge in [0.1, 0.15) is 0 Å². The minimum absolute atomic E-state index is 0.111. The van der Waals surface area contributed by atoms with Gasteiger partial charge in [-0.3, -0.25) is 4.99 Å². The number of nitrogens with zero attached hydrogens (tertiary/aromatic N) is 2. The fourth-order valence-electron chi connectivity index (χ4n) is 2.86. The summed E-state index contributed by atoms with van der Waals surface area (Å²) in [5, 5.41) is 3.27. The molecule has 0 aliphatic carbocycles. The van der Waals surface area contributed by atoms with E-state index in [1.54, 1.807) is 24.3 Å². The van der Waals surface area contributed by atoms with Crippen molar-refractivity contribution in [3.8, 4) is 0 Å². The van der Waals surface area contributed by atoms with Crippen LogP contribution in [0.1, 0.15) is 19.8 Å². The van der Waals surface area contributed by atoms with Crippen molar-refractivity contribution in [2.45, 2.75) is 24.7 Å². The van der Waals surface area contributed by atoms with E-state index in [0.717, 1.165) is 38.7 Å². The van der Waals surface area contributed by atoms with Crippen LogP contribution in [-0.2, 0) is 14.6 Å². The van der Waals surface area contributed by atoms with Crippen molar-refractivity contribution in [2.24, 2.45) is 10.9 Å². The predicted octanol–water partition coefficient (Wildman–Crippen LogP) is 1.78. The molecule has 0 aromatic heterocycles. The third kappa shape index (κ3) is 6.32. The van der Waals surface area contributed by atoms with Crippen molar-refractivity contribution in [2.75, 3.05) is 45.6 Å². The molecule has 1 saturated heterocycles. The molecule has 1 heterocycles. The van der Waals surface area contributed by atoms with Gasteiger partial charge < -0.3 is 15.0 Å². The van der Waals surface area contributed by atoms with Gasteiger partial charge in [-0.25, -0.2) is 8.42 Å². The summed E-state index contributed by atoms with van der Waals surface area (Å²) in [4.78, 5) is 7.06. The smallest absolute Gasteiger partial charge is 0.193 e. The monoisotopic (exact) mass is 367 g/mol. The summed E-state index contributed by atoms with van der Waals surface area (Å²) in [5.74, 6) is 1.47. The molecule has 1 aromatic rings. The number of sulfone groups is 1. The van der Waals surface area contributed by atoms with Crippen molar-refractivity contribution >= 4 is 15.8 Å². The highest BCUT2D eigenvalue weighted by molar-refractivity contribution is 7.91. The summed E-state index contributed by atoms with van der Waals surface area (Å²) in [7, 11) is -1.21. The first-order valence-electron chi connectivity index (χ1n) is 8.88. The van der Waals surface area contributed by atoms with Crippen LogP contribution in [0.5, 0.6) is 0 Å². The Hall–Kier alpha value is -1.60. The summed E-state index contributed by atoms with van der Waals surface area (Å²) in [6.45, 7) is 5.84. The molecule has 6 nitrogen and oxygen atoms in total. The van der Waals surface area contributed by atoms with Crippen molar-refractivity contribution < 1.29 is 13.2 Å². The Morgan fingerprint density at radius 2 is 2.12 bits per heavy atom. The molecule has 0 bridgehead atoms. The number of nitrogens with one attached hydrogen (secondary N) is 1. The molecule has 140 valence electrons. The Balaban J connectivity index is 1.86. The molecule has 1 unspecified atom stereocenters. The van der Waals surface area contributed by atoms with Crippen molar-refractivity contribution in [3.63, 3.8) is 0 Å². The maximum absolute atomic E-state index is 12.3. The molecule has 1 N–H and O–H groups in total. The lowest BCUT2D eigenvalue weighted by atomic mass is 10.1. The number of hydrogen-bond acceptors (Lipinski definition) is 4. The maximum atomic E-state index is 12.3. The van der Waals surface area contributed by atoms with Crippen LogP contribution in [-0.4, -0.2) is 64.9 Å². The lowest BCUT2D eigenvalue weighted by molar-refractivity contribution is 0.181. The van der Waals surface area contributed by atoms with Gasteiger partial charge in [-0.05, 0) is 31.9 Å².